The molecule has 2 rings (SSSR count). The van der Waals surface area contributed by atoms with E-state index in [0.717, 1.165) is 5.57 Å². The Bertz CT molecular complexity index is 815. The largest absolute Gasteiger partial charge is 0.508 e. The lowest BCUT2D eigenvalue weighted by molar-refractivity contribution is 0.104. The number of aliphatic hydroxyl groups is 1. The summed E-state index contributed by atoms with van der Waals surface area (Å²) in [4.78, 5) is 12.7. The van der Waals surface area contributed by atoms with Gasteiger partial charge in [0, 0.05) is 21.9 Å². The maximum Gasteiger partial charge on any atom is 0.189 e. The molecule has 26 heavy (non-hydrogen) atoms. The second-order valence-corrected chi connectivity index (χ2v) is 7.37. The van der Waals surface area contributed by atoms with E-state index >= 15 is 0 Å². The molecule has 140 valence electrons. The van der Waals surface area contributed by atoms with E-state index < -0.39 is 5.41 Å². The smallest absolute Gasteiger partial charge is 0.189 e. The number of halogens is 1. The van der Waals surface area contributed by atoms with Crippen molar-refractivity contribution in [1.29, 1.82) is 0 Å². The number of ether oxygens (including phenoxy) is 2. The lowest BCUT2D eigenvalue weighted by atomic mass is 9.67. The highest BCUT2D eigenvalue weighted by Crippen LogP contribution is 2.47. The molecule has 1 aromatic rings. The molecule has 1 aliphatic carbocycles. The van der Waals surface area contributed by atoms with E-state index in [4.69, 9.17) is 21.1 Å². The first-order chi connectivity index (χ1) is 12.1. The molecular weight excluding hydrogens is 352 g/mol. The molecule has 0 saturated heterocycles. The minimum Gasteiger partial charge on any atom is -0.508 e. The molecule has 0 saturated carbocycles. The minimum atomic E-state index is -0.393. The molecule has 0 aliphatic heterocycles. The number of carbonyl (C=O) groups excluding carboxylic acids is 1. The molecule has 0 heterocycles. The Morgan fingerprint density at radius 3 is 2.46 bits per heavy atom. The van der Waals surface area contributed by atoms with Gasteiger partial charge in [0.25, 0.3) is 0 Å². The molecule has 4 nitrogen and oxygen atoms in total. The Kier molecular flexibility index (Phi) is 5.87. The predicted octanol–water partition coefficient (Wildman–Crippen LogP) is 5.50. The molecule has 5 heteroatoms. The van der Waals surface area contributed by atoms with Crippen LogP contribution in [0, 0.1) is 11.3 Å². The molecule has 0 radical (unpaired) electrons. The van der Waals surface area contributed by atoms with E-state index in [9.17, 15) is 9.90 Å². The van der Waals surface area contributed by atoms with Crippen LogP contribution in [-0.2, 0) is 4.74 Å². The third-order valence-electron chi connectivity index (χ3n) is 5.20. The number of rotatable bonds is 5. The Labute approximate surface area is 159 Å². The molecule has 1 atom stereocenters. The molecule has 1 unspecified atom stereocenters. The number of aliphatic hydroxyl groups excluding tert-OH is 1. The molecule has 0 aromatic heterocycles. The fourth-order valence-electron chi connectivity index (χ4n) is 3.25. The zero-order valence-electron chi connectivity index (χ0n) is 16.0. The lowest BCUT2D eigenvalue weighted by Gasteiger charge is -2.39. The van der Waals surface area contributed by atoms with E-state index in [2.05, 4.69) is 0 Å². The molecule has 0 amide bonds. The summed E-state index contributed by atoms with van der Waals surface area (Å²) in [7, 11) is 3.08. The van der Waals surface area contributed by atoms with Gasteiger partial charge in [0.1, 0.15) is 17.3 Å². The summed E-state index contributed by atoms with van der Waals surface area (Å²) in [5.41, 5.74) is 1.60. The highest BCUT2D eigenvalue weighted by atomic mass is 35.5. The third kappa shape index (κ3) is 3.51. The van der Waals surface area contributed by atoms with Crippen LogP contribution < -0.4 is 4.74 Å². The normalized spacial score (nSPS) is 19.9. The van der Waals surface area contributed by atoms with Crippen LogP contribution in [0.4, 0.5) is 0 Å². The zero-order valence-corrected chi connectivity index (χ0v) is 16.8. The van der Waals surface area contributed by atoms with Gasteiger partial charge >= 0.3 is 0 Å². The fourth-order valence-corrected chi connectivity index (χ4v) is 3.41. The topological polar surface area (TPSA) is 55.8 Å². The second kappa shape index (κ2) is 7.58. The Morgan fingerprint density at radius 1 is 1.23 bits per heavy atom. The highest BCUT2D eigenvalue weighted by molar-refractivity contribution is 6.31. The Balaban J connectivity index is 2.42. The number of ketones is 1. The van der Waals surface area contributed by atoms with Crippen molar-refractivity contribution in [2.24, 2.45) is 11.3 Å². The molecule has 1 aromatic carbocycles. The first-order valence-corrected chi connectivity index (χ1v) is 8.74. The summed E-state index contributed by atoms with van der Waals surface area (Å²) in [6.45, 7) is 7.76. The summed E-state index contributed by atoms with van der Waals surface area (Å²) in [5.74, 6) is 0.986. The average molecular weight is 377 g/mol. The second-order valence-electron chi connectivity index (χ2n) is 6.93. The molecule has 0 spiro atoms. The first kappa shape index (κ1) is 20.1. The summed E-state index contributed by atoms with van der Waals surface area (Å²) in [6, 6.07) is 4.92. The van der Waals surface area contributed by atoms with Crippen molar-refractivity contribution < 1.29 is 19.4 Å². The summed E-state index contributed by atoms with van der Waals surface area (Å²) in [6.07, 6.45) is 3.36. The van der Waals surface area contributed by atoms with Crippen molar-refractivity contribution in [1.82, 2.24) is 0 Å². The van der Waals surface area contributed by atoms with Crippen molar-refractivity contribution in [3.05, 3.63) is 63.6 Å². The van der Waals surface area contributed by atoms with E-state index in [-0.39, 0.29) is 17.5 Å². The molecule has 1 aliphatic rings. The Hall–Kier alpha value is -2.20. The van der Waals surface area contributed by atoms with Gasteiger partial charge < -0.3 is 14.6 Å². The van der Waals surface area contributed by atoms with Gasteiger partial charge in [0.05, 0.1) is 19.8 Å². The number of carbonyl (C=O) groups is 1. The van der Waals surface area contributed by atoms with Gasteiger partial charge in [0.15, 0.2) is 5.78 Å². The van der Waals surface area contributed by atoms with Crippen molar-refractivity contribution in [2.45, 2.75) is 27.7 Å². The van der Waals surface area contributed by atoms with Crippen LogP contribution in [-0.4, -0.2) is 25.1 Å². The number of hydrogen-bond acceptors (Lipinski definition) is 4. The van der Waals surface area contributed by atoms with E-state index in [0.29, 0.717) is 27.7 Å². The molecule has 0 fully saturated rings. The van der Waals surface area contributed by atoms with Crippen LogP contribution >= 0.6 is 11.6 Å². The SMILES string of the molecule is COC1=C(C)C(O)=C(C)C(C)(C)C1C=CC(=O)c1ccc(Cl)cc1OC. The van der Waals surface area contributed by atoms with Crippen LogP contribution in [0.5, 0.6) is 5.75 Å². The maximum atomic E-state index is 12.7. The quantitative estimate of drug-likeness (QED) is 0.544. The fraction of sp³-hybridized carbons (Fsp3) is 0.381. The van der Waals surface area contributed by atoms with Crippen molar-refractivity contribution in [2.75, 3.05) is 14.2 Å². The van der Waals surface area contributed by atoms with Gasteiger partial charge in [-0.2, -0.15) is 0 Å². The summed E-state index contributed by atoms with van der Waals surface area (Å²) in [5, 5.41) is 10.9. The monoisotopic (exact) mass is 376 g/mol. The van der Waals surface area contributed by atoms with Crippen LogP contribution in [0.25, 0.3) is 0 Å². The first-order valence-electron chi connectivity index (χ1n) is 8.36. The van der Waals surface area contributed by atoms with Gasteiger partial charge in [-0.1, -0.05) is 31.5 Å². The van der Waals surface area contributed by atoms with Crippen LogP contribution in [0.3, 0.4) is 0 Å². The van der Waals surface area contributed by atoms with Crippen molar-refractivity contribution in [3.63, 3.8) is 0 Å². The standard InChI is InChI=1S/C21H25ClO4/c1-12-19(24)13(2)21(3,4)16(20(12)26-6)9-10-17(23)15-8-7-14(22)11-18(15)25-5/h7-11,16,24H,1-6H3. The van der Waals surface area contributed by atoms with Gasteiger partial charge in [-0.05, 0) is 43.7 Å². The van der Waals surface area contributed by atoms with E-state index in [1.165, 1.54) is 13.2 Å². The number of allylic oxidation sites excluding steroid dienone is 4. The summed E-state index contributed by atoms with van der Waals surface area (Å²) >= 11 is 5.96. The number of methoxy groups -OCH3 is 2. The zero-order chi connectivity index (χ0) is 19.6. The van der Waals surface area contributed by atoms with Crippen LogP contribution in [0.1, 0.15) is 38.1 Å². The third-order valence-corrected chi connectivity index (χ3v) is 5.43. The van der Waals surface area contributed by atoms with Gasteiger partial charge in [0.2, 0.25) is 0 Å². The molecule has 1 N–H and O–H groups in total. The van der Waals surface area contributed by atoms with Crippen molar-refractivity contribution in [3.8, 4) is 5.75 Å². The minimum absolute atomic E-state index is 0.175. The van der Waals surface area contributed by atoms with Gasteiger partial charge in [-0.3, -0.25) is 4.79 Å². The average Bonchev–Trinajstić information content (AvgIpc) is 2.61. The van der Waals surface area contributed by atoms with E-state index in [1.807, 2.05) is 33.8 Å². The van der Waals surface area contributed by atoms with Gasteiger partial charge in [-0.15, -0.1) is 0 Å². The number of benzene rings is 1. The van der Waals surface area contributed by atoms with Gasteiger partial charge in [-0.25, -0.2) is 0 Å². The maximum absolute atomic E-state index is 12.7. The number of hydrogen-bond donors (Lipinski definition) is 1. The molecular formula is C21H25ClO4. The van der Waals surface area contributed by atoms with E-state index in [1.54, 1.807) is 25.3 Å². The highest BCUT2D eigenvalue weighted by Gasteiger charge is 2.40. The van der Waals surface area contributed by atoms with Crippen molar-refractivity contribution >= 4 is 17.4 Å². The van der Waals surface area contributed by atoms with Crippen LogP contribution in [0.2, 0.25) is 5.02 Å². The Morgan fingerprint density at radius 2 is 1.88 bits per heavy atom. The predicted molar refractivity (Wildman–Crippen MR) is 104 cm³/mol. The lowest BCUT2D eigenvalue weighted by Crippen LogP contribution is -2.31. The summed E-state index contributed by atoms with van der Waals surface area (Å²) < 4.78 is 10.8. The molecule has 0 bridgehead atoms. The van der Waals surface area contributed by atoms with Crippen LogP contribution in [0.15, 0.2) is 53.0 Å².